The lowest BCUT2D eigenvalue weighted by atomic mass is 10.1. The molecule has 0 aliphatic rings. The highest BCUT2D eigenvalue weighted by molar-refractivity contribution is 7.93. The fraction of sp³-hybridized carbons (Fsp3) is 0.333. The highest BCUT2D eigenvalue weighted by Gasteiger charge is 2.31. The number of halogens is 1. The average Bonchev–Trinajstić information content (AvgIpc) is 2.89. The number of carbonyl (C=O) groups excluding carboxylic acids is 1. The van der Waals surface area contributed by atoms with Gasteiger partial charge in [0, 0.05) is 30.5 Å². The van der Waals surface area contributed by atoms with Crippen LogP contribution in [0.1, 0.15) is 49.8 Å². The van der Waals surface area contributed by atoms with E-state index in [2.05, 4.69) is 0 Å². The fourth-order valence-corrected chi connectivity index (χ4v) is 6.53. The van der Waals surface area contributed by atoms with E-state index in [-0.39, 0.29) is 28.1 Å². The van der Waals surface area contributed by atoms with Crippen LogP contribution in [0.2, 0.25) is 5.02 Å². The van der Waals surface area contributed by atoms with Gasteiger partial charge in [-0.3, -0.25) is 14.5 Å². The van der Waals surface area contributed by atoms with Crippen molar-refractivity contribution in [1.82, 2.24) is 0 Å². The van der Waals surface area contributed by atoms with Gasteiger partial charge in [-0.2, -0.15) is 0 Å². The number of nitrogen functional groups attached to an aromatic ring is 1. The average molecular weight is 586 g/mol. The predicted molar refractivity (Wildman–Crippen MR) is 159 cm³/mol. The lowest BCUT2D eigenvalue weighted by molar-refractivity contribution is -0.143. The van der Waals surface area contributed by atoms with E-state index in [0.717, 1.165) is 11.1 Å². The van der Waals surface area contributed by atoms with Gasteiger partial charge in [0.15, 0.2) is 0 Å². The van der Waals surface area contributed by atoms with Gasteiger partial charge in [-0.25, -0.2) is 8.42 Å². The minimum absolute atomic E-state index is 0.00638. The summed E-state index contributed by atoms with van der Waals surface area (Å²) < 4.78 is 40.4. The van der Waals surface area contributed by atoms with Crippen LogP contribution >= 0.6 is 11.6 Å². The minimum Gasteiger partial charge on any atom is -0.493 e. The number of nitrogens with two attached hydrogens (primary N) is 1. The molecule has 0 saturated carbocycles. The van der Waals surface area contributed by atoms with E-state index in [1.807, 2.05) is 32.0 Å². The number of hydrogen-bond acceptors (Lipinski definition) is 6. The topological polar surface area (TPSA) is 123 Å². The van der Waals surface area contributed by atoms with Crippen LogP contribution in [0.3, 0.4) is 0 Å². The van der Waals surface area contributed by atoms with E-state index < -0.39 is 16.1 Å². The first-order valence-corrected chi connectivity index (χ1v) is 15.0. The van der Waals surface area contributed by atoms with Crippen molar-refractivity contribution in [3.05, 3.63) is 88.4 Å². The Bertz CT molecular complexity index is 1430. The fourth-order valence-electron chi connectivity index (χ4n) is 4.36. The van der Waals surface area contributed by atoms with E-state index >= 15 is 0 Å². The number of rotatable bonds is 14. The molecule has 0 bridgehead atoms. The molecular weight excluding hydrogens is 550 g/mol. The summed E-state index contributed by atoms with van der Waals surface area (Å²) in [7, 11) is -4.05. The Balaban J connectivity index is 1.86. The number of carbonyl (C=O) groups is 1. The van der Waals surface area contributed by atoms with Gasteiger partial charge < -0.3 is 15.2 Å². The zero-order chi connectivity index (χ0) is 29.3. The highest BCUT2D eigenvalue weighted by Crippen LogP contribution is 2.34. The minimum atomic E-state index is -4.05. The summed E-state index contributed by atoms with van der Waals surface area (Å²) in [5, 5.41) is 7.65. The summed E-state index contributed by atoms with van der Waals surface area (Å²) in [6, 6.07) is 18.6. The summed E-state index contributed by atoms with van der Waals surface area (Å²) in [6.45, 7) is 6.11. The van der Waals surface area contributed by atoms with Crippen molar-refractivity contribution in [2.24, 2.45) is 5.73 Å². The molecule has 10 heteroatoms. The number of amidine groups is 1. The lowest BCUT2D eigenvalue weighted by Gasteiger charge is -2.31. The molecule has 0 aliphatic carbocycles. The van der Waals surface area contributed by atoms with Gasteiger partial charge in [-0.1, -0.05) is 48.0 Å². The van der Waals surface area contributed by atoms with Crippen LogP contribution in [0.4, 0.5) is 5.69 Å². The van der Waals surface area contributed by atoms with Crippen LogP contribution in [-0.2, 0) is 26.0 Å². The van der Waals surface area contributed by atoms with Crippen molar-refractivity contribution in [2.45, 2.75) is 57.4 Å². The molecule has 1 unspecified atom stereocenters. The number of nitrogens with zero attached hydrogens (tertiary/aromatic N) is 1. The molecule has 3 rings (SSSR count). The molecule has 0 heterocycles. The Morgan fingerprint density at radius 3 is 2.45 bits per heavy atom. The van der Waals surface area contributed by atoms with Crippen molar-refractivity contribution < 1.29 is 22.7 Å². The number of aryl methyl sites for hydroxylation is 1. The largest absolute Gasteiger partial charge is 0.493 e. The molecule has 0 spiro atoms. The Kier molecular flexibility index (Phi) is 11.0. The third kappa shape index (κ3) is 8.22. The van der Waals surface area contributed by atoms with Gasteiger partial charge in [0.1, 0.15) is 16.5 Å². The second-order valence-corrected chi connectivity index (χ2v) is 11.7. The highest BCUT2D eigenvalue weighted by atomic mass is 35.5. The monoisotopic (exact) mass is 585 g/mol. The van der Waals surface area contributed by atoms with Gasteiger partial charge in [0.2, 0.25) is 0 Å². The molecule has 0 fully saturated rings. The standard InChI is InChI=1S/C30H36ClN3O5S/c1-4-38-29(35)11-7-8-22(3)34(40(36,37)28-10-6-5-9-27(28)31)25-18-21(2)19-26(20-25)39-17-16-23-12-14-24(15-13-23)30(32)33/h5-6,9-10,12-15,18-20,22H,4,7-8,11,16-17H2,1-3H3,(H3,32,33). The van der Waals surface area contributed by atoms with Crippen molar-refractivity contribution >= 4 is 39.1 Å². The molecule has 0 saturated heterocycles. The summed E-state index contributed by atoms with van der Waals surface area (Å²) in [5.74, 6) is 0.243. The quantitative estimate of drug-likeness (QED) is 0.138. The van der Waals surface area contributed by atoms with Gasteiger partial charge in [-0.15, -0.1) is 0 Å². The van der Waals surface area contributed by atoms with E-state index in [9.17, 15) is 13.2 Å². The van der Waals surface area contributed by atoms with Crippen LogP contribution in [0, 0.1) is 12.3 Å². The van der Waals surface area contributed by atoms with Crippen LogP contribution in [0.15, 0.2) is 71.6 Å². The van der Waals surface area contributed by atoms with Crippen LogP contribution in [-0.4, -0.2) is 39.5 Å². The van der Waals surface area contributed by atoms with Crippen LogP contribution in [0.5, 0.6) is 5.75 Å². The number of anilines is 1. The van der Waals surface area contributed by atoms with Gasteiger partial charge >= 0.3 is 5.97 Å². The molecular formula is C30H36ClN3O5S. The number of esters is 1. The third-order valence-corrected chi connectivity index (χ3v) is 8.74. The molecule has 0 amide bonds. The van der Waals surface area contributed by atoms with E-state index in [0.29, 0.717) is 49.5 Å². The first-order valence-electron chi connectivity index (χ1n) is 13.1. The van der Waals surface area contributed by atoms with Crippen LogP contribution < -0.4 is 14.8 Å². The number of benzene rings is 3. The SMILES string of the molecule is CCOC(=O)CCCC(C)N(c1cc(C)cc(OCCc2ccc(C(=N)N)cc2)c1)S(=O)(=O)c1ccccc1Cl. The van der Waals surface area contributed by atoms with Gasteiger partial charge in [0.25, 0.3) is 10.0 Å². The summed E-state index contributed by atoms with van der Waals surface area (Å²) >= 11 is 6.33. The third-order valence-electron chi connectivity index (χ3n) is 6.30. The molecule has 40 heavy (non-hydrogen) atoms. The first kappa shape index (κ1) is 31.0. The number of hydrogen-bond donors (Lipinski definition) is 2. The van der Waals surface area contributed by atoms with Gasteiger partial charge in [0.05, 0.1) is 23.9 Å². The number of sulfonamides is 1. The Morgan fingerprint density at radius 2 is 1.80 bits per heavy atom. The number of nitrogens with one attached hydrogen (secondary N) is 1. The first-order chi connectivity index (χ1) is 19.0. The molecule has 0 aliphatic heterocycles. The van der Waals surface area contributed by atoms with E-state index in [1.165, 1.54) is 10.4 Å². The zero-order valence-corrected chi connectivity index (χ0v) is 24.6. The van der Waals surface area contributed by atoms with Crippen molar-refractivity contribution in [3.8, 4) is 5.75 Å². The summed E-state index contributed by atoms with van der Waals surface area (Å²) in [4.78, 5) is 11.9. The normalized spacial score (nSPS) is 12.0. The molecule has 8 nitrogen and oxygen atoms in total. The van der Waals surface area contributed by atoms with E-state index in [1.54, 1.807) is 49.4 Å². The second-order valence-electron chi connectivity index (χ2n) is 9.49. The predicted octanol–water partition coefficient (Wildman–Crippen LogP) is 5.87. The Labute approximate surface area is 241 Å². The van der Waals surface area contributed by atoms with E-state index in [4.69, 9.17) is 32.2 Å². The molecule has 0 radical (unpaired) electrons. The molecule has 1 atom stereocenters. The number of ether oxygens (including phenoxy) is 2. The second kappa shape index (κ2) is 14.2. The van der Waals surface area contributed by atoms with Gasteiger partial charge in [-0.05, 0) is 69.0 Å². The maximum absolute atomic E-state index is 14.0. The van der Waals surface area contributed by atoms with Crippen molar-refractivity contribution in [1.29, 1.82) is 5.41 Å². The molecule has 3 aromatic rings. The lowest BCUT2D eigenvalue weighted by Crippen LogP contribution is -2.39. The molecule has 0 aromatic heterocycles. The maximum Gasteiger partial charge on any atom is 0.305 e. The van der Waals surface area contributed by atoms with Crippen molar-refractivity contribution in [2.75, 3.05) is 17.5 Å². The Morgan fingerprint density at radius 1 is 1.10 bits per heavy atom. The zero-order valence-electron chi connectivity index (χ0n) is 23.0. The maximum atomic E-state index is 14.0. The summed E-state index contributed by atoms with van der Waals surface area (Å²) in [5.41, 5.74) is 8.49. The van der Waals surface area contributed by atoms with Crippen molar-refractivity contribution in [3.63, 3.8) is 0 Å². The molecule has 214 valence electrons. The smallest absolute Gasteiger partial charge is 0.305 e. The Hall–Kier alpha value is -3.56. The molecule has 3 N–H and O–H groups in total. The summed E-state index contributed by atoms with van der Waals surface area (Å²) in [6.07, 6.45) is 1.72. The van der Waals surface area contributed by atoms with Crippen LogP contribution in [0.25, 0.3) is 0 Å². The molecule has 3 aromatic carbocycles.